The average Bonchev–Trinajstić information content (AvgIpc) is 3.45. The van der Waals surface area contributed by atoms with Crippen molar-refractivity contribution >= 4 is 18.0 Å². The van der Waals surface area contributed by atoms with E-state index >= 15 is 0 Å². The summed E-state index contributed by atoms with van der Waals surface area (Å²) in [5.74, 6) is -1.47. The van der Waals surface area contributed by atoms with Crippen LogP contribution in [0.3, 0.4) is 0 Å². The van der Waals surface area contributed by atoms with Gasteiger partial charge in [0.05, 0.1) is 17.9 Å². The highest BCUT2D eigenvalue weighted by Crippen LogP contribution is 2.44. The zero-order valence-electron chi connectivity index (χ0n) is 19.9. The molecule has 2 amide bonds. The Hall–Kier alpha value is -3.35. The quantitative estimate of drug-likeness (QED) is 0.638. The van der Waals surface area contributed by atoms with Crippen molar-refractivity contribution in [2.45, 2.75) is 56.4 Å². The summed E-state index contributed by atoms with van der Waals surface area (Å²) in [6.45, 7) is 1.05. The van der Waals surface area contributed by atoms with Crippen LogP contribution in [0.25, 0.3) is 11.1 Å². The van der Waals surface area contributed by atoms with Crippen LogP contribution in [0.4, 0.5) is 4.79 Å². The van der Waals surface area contributed by atoms with Crippen LogP contribution in [0.5, 0.6) is 0 Å². The molecular formula is C28H32N2O5. The smallest absolute Gasteiger partial charge is 0.407 e. The first kappa shape index (κ1) is 23.4. The Labute approximate surface area is 205 Å². The third kappa shape index (κ3) is 4.77. The predicted octanol–water partition coefficient (Wildman–Crippen LogP) is 4.55. The van der Waals surface area contributed by atoms with Gasteiger partial charge in [-0.2, -0.15) is 0 Å². The van der Waals surface area contributed by atoms with Crippen LogP contribution >= 0.6 is 0 Å². The van der Waals surface area contributed by atoms with E-state index < -0.39 is 23.5 Å². The fraction of sp³-hybridized carbons (Fsp3) is 0.464. The predicted molar refractivity (Wildman–Crippen MR) is 131 cm³/mol. The Balaban J connectivity index is 1.23. The molecule has 7 heteroatoms. The number of carboxylic acids is 1. The van der Waals surface area contributed by atoms with Crippen LogP contribution in [0, 0.1) is 5.92 Å². The Kier molecular flexibility index (Phi) is 6.50. The van der Waals surface area contributed by atoms with E-state index in [-0.39, 0.29) is 31.4 Å². The van der Waals surface area contributed by atoms with Gasteiger partial charge in [-0.05, 0) is 47.9 Å². The molecule has 5 rings (SSSR count). The molecule has 1 aliphatic heterocycles. The Bertz CT molecular complexity index is 1080. The van der Waals surface area contributed by atoms with Crippen molar-refractivity contribution in [3.63, 3.8) is 0 Å². The summed E-state index contributed by atoms with van der Waals surface area (Å²) in [5.41, 5.74) is 4.04. The fourth-order valence-corrected chi connectivity index (χ4v) is 6.06. The molecule has 2 aliphatic carbocycles. The minimum Gasteiger partial charge on any atom is -0.481 e. The maximum Gasteiger partial charge on any atom is 0.407 e. The topological polar surface area (TPSA) is 95.9 Å². The molecule has 2 aromatic rings. The van der Waals surface area contributed by atoms with E-state index in [0.29, 0.717) is 19.4 Å². The Morgan fingerprint density at radius 1 is 0.971 bits per heavy atom. The lowest BCUT2D eigenvalue weighted by Crippen LogP contribution is -2.51. The van der Waals surface area contributed by atoms with E-state index in [1.165, 1.54) is 11.1 Å². The lowest BCUT2D eigenvalue weighted by Gasteiger charge is -2.35. The van der Waals surface area contributed by atoms with E-state index in [9.17, 15) is 19.5 Å². The molecule has 184 valence electrons. The van der Waals surface area contributed by atoms with Crippen LogP contribution in [0.15, 0.2) is 48.5 Å². The van der Waals surface area contributed by atoms with Gasteiger partial charge in [-0.15, -0.1) is 0 Å². The number of nitrogens with one attached hydrogen (secondary N) is 1. The normalized spacial score (nSPS) is 20.7. The van der Waals surface area contributed by atoms with Gasteiger partial charge in [-0.1, -0.05) is 61.4 Å². The second-order valence-corrected chi connectivity index (χ2v) is 10.1. The van der Waals surface area contributed by atoms with Crippen LogP contribution in [0.2, 0.25) is 0 Å². The Morgan fingerprint density at radius 3 is 2.23 bits per heavy atom. The molecule has 1 saturated carbocycles. The van der Waals surface area contributed by atoms with Crippen LogP contribution in [-0.4, -0.2) is 53.2 Å². The second kappa shape index (κ2) is 9.72. The molecule has 3 aliphatic rings. The zero-order valence-corrected chi connectivity index (χ0v) is 19.9. The van der Waals surface area contributed by atoms with E-state index in [1.807, 2.05) is 24.3 Å². The van der Waals surface area contributed by atoms with Crippen molar-refractivity contribution in [3.8, 4) is 11.1 Å². The zero-order chi connectivity index (χ0) is 24.4. The molecule has 2 N–H and O–H groups in total. The molecule has 1 atom stereocenters. The first-order valence-corrected chi connectivity index (χ1v) is 12.6. The van der Waals surface area contributed by atoms with Gasteiger partial charge in [0.1, 0.15) is 6.61 Å². The molecule has 1 heterocycles. The van der Waals surface area contributed by atoms with Gasteiger partial charge in [0.15, 0.2) is 0 Å². The van der Waals surface area contributed by atoms with E-state index in [1.54, 1.807) is 4.90 Å². The van der Waals surface area contributed by atoms with Gasteiger partial charge < -0.3 is 20.1 Å². The molecule has 35 heavy (non-hydrogen) atoms. The number of likely N-dealkylation sites (tertiary alicyclic amines) is 1. The van der Waals surface area contributed by atoms with E-state index in [0.717, 1.165) is 36.8 Å². The number of carbonyl (C=O) groups is 3. The summed E-state index contributed by atoms with van der Waals surface area (Å²) in [6.07, 6.45) is 4.30. The average molecular weight is 477 g/mol. The van der Waals surface area contributed by atoms with Crippen molar-refractivity contribution in [2.24, 2.45) is 5.92 Å². The number of rotatable bonds is 6. The maximum absolute atomic E-state index is 13.1. The lowest BCUT2D eigenvalue weighted by atomic mass is 9.91. The van der Waals surface area contributed by atoms with Gasteiger partial charge >= 0.3 is 12.1 Å². The third-order valence-electron chi connectivity index (χ3n) is 7.88. The maximum atomic E-state index is 13.1. The number of hydrogen-bond acceptors (Lipinski definition) is 4. The summed E-state index contributed by atoms with van der Waals surface area (Å²) in [5, 5.41) is 12.4. The highest BCUT2D eigenvalue weighted by molar-refractivity contribution is 5.81. The van der Waals surface area contributed by atoms with Crippen molar-refractivity contribution in [2.75, 3.05) is 19.7 Å². The highest BCUT2D eigenvalue weighted by atomic mass is 16.5. The largest absolute Gasteiger partial charge is 0.481 e. The van der Waals surface area contributed by atoms with E-state index in [2.05, 4.69) is 29.6 Å². The summed E-state index contributed by atoms with van der Waals surface area (Å²) < 4.78 is 5.75. The molecule has 2 fully saturated rings. The van der Waals surface area contributed by atoms with Crippen molar-refractivity contribution in [3.05, 3.63) is 59.7 Å². The fourth-order valence-electron chi connectivity index (χ4n) is 6.06. The van der Waals surface area contributed by atoms with Gasteiger partial charge in [0.25, 0.3) is 0 Å². The number of hydrogen-bond donors (Lipinski definition) is 2. The molecule has 2 aromatic carbocycles. The lowest BCUT2D eigenvalue weighted by molar-refractivity contribution is -0.146. The molecule has 0 spiro atoms. The molecule has 0 aromatic heterocycles. The third-order valence-corrected chi connectivity index (χ3v) is 7.88. The number of amides is 2. The number of carbonyl (C=O) groups excluding carboxylic acids is 2. The number of carboxylic acid groups (broad SMARTS) is 1. The standard InChI is InChI=1S/C28H32N2O5/c31-25(30-15-7-8-19(17-30)26(32)33)16-28(13-5-6-14-28)29-27(34)35-18-24-22-11-3-1-9-20(22)21-10-2-4-12-23(21)24/h1-4,9-12,19,24H,5-8,13-18H2,(H,29,34)(H,32,33)/t19-/m1/s1. The summed E-state index contributed by atoms with van der Waals surface area (Å²) in [4.78, 5) is 39.1. The number of benzene rings is 2. The van der Waals surface area contributed by atoms with Gasteiger partial charge in [0, 0.05) is 19.0 Å². The number of fused-ring (bicyclic) bond motifs is 3. The number of alkyl carbamates (subject to hydrolysis) is 1. The van der Waals surface area contributed by atoms with Crippen molar-refractivity contribution in [1.29, 1.82) is 0 Å². The minimum absolute atomic E-state index is 0.0180. The molecule has 0 unspecified atom stereocenters. The number of piperidine rings is 1. The summed E-state index contributed by atoms with van der Waals surface area (Å²) in [6, 6.07) is 16.4. The monoisotopic (exact) mass is 476 g/mol. The first-order valence-electron chi connectivity index (χ1n) is 12.6. The summed E-state index contributed by atoms with van der Waals surface area (Å²) >= 11 is 0. The molecular weight excluding hydrogens is 444 g/mol. The molecule has 0 radical (unpaired) electrons. The summed E-state index contributed by atoms with van der Waals surface area (Å²) in [7, 11) is 0. The highest BCUT2D eigenvalue weighted by Gasteiger charge is 2.40. The number of ether oxygens (including phenoxy) is 1. The van der Waals surface area contributed by atoms with Gasteiger partial charge in [0.2, 0.25) is 5.91 Å². The second-order valence-electron chi connectivity index (χ2n) is 10.1. The SMILES string of the molecule is O=C(NC1(CC(=O)N2CCC[C@@H](C(=O)O)C2)CCCC1)OCC1c2ccccc2-c2ccccc21. The van der Waals surface area contributed by atoms with Crippen LogP contribution in [0.1, 0.15) is 62.0 Å². The van der Waals surface area contributed by atoms with Crippen LogP contribution in [-0.2, 0) is 14.3 Å². The molecule has 0 bridgehead atoms. The first-order chi connectivity index (χ1) is 17.0. The molecule has 1 saturated heterocycles. The molecule has 7 nitrogen and oxygen atoms in total. The van der Waals surface area contributed by atoms with Gasteiger partial charge in [-0.3, -0.25) is 9.59 Å². The number of aliphatic carboxylic acids is 1. The van der Waals surface area contributed by atoms with Gasteiger partial charge in [-0.25, -0.2) is 4.79 Å². The Morgan fingerprint density at radius 2 is 1.60 bits per heavy atom. The van der Waals surface area contributed by atoms with Crippen molar-refractivity contribution < 1.29 is 24.2 Å². The number of nitrogens with zero attached hydrogens (tertiary/aromatic N) is 1. The van der Waals surface area contributed by atoms with E-state index in [4.69, 9.17) is 4.74 Å². The van der Waals surface area contributed by atoms with Crippen molar-refractivity contribution in [1.82, 2.24) is 10.2 Å². The minimum atomic E-state index is -0.852. The van der Waals surface area contributed by atoms with Crippen LogP contribution < -0.4 is 5.32 Å².